The van der Waals surface area contributed by atoms with E-state index in [0.717, 1.165) is 18.5 Å². The van der Waals surface area contributed by atoms with E-state index in [-0.39, 0.29) is 5.76 Å². The Morgan fingerprint density at radius 2 is 2.26 bits per heavy atom. The van der Waals surface area contributed by atoms with Gasteiger partial charge < -0.3 is 4.74 Å². The Morgan fingerprint density at radius 1 is 1.58 bits per heavy atom. The summed E-state index contributed by atoms with van der Waals surface area (Å²) in [6.07, 6.45) is 1.87. The van der Waals surface area contributed by atoms with Gasteiger partial charge in [-0.25, -0.2) is 9.78 Å². The SMILES string of the molecule is C=C(C)C(=O)OC(C)=C(C#N)c1nc(CCC)cs1. The van der Waals surface area contributed by atoms with Crippen LogP contribution in [0.1, 0.15) is 37.9 Å². The summed E-state index contributed by atoms with van der Waals surface area (Å²) in [6.45, 7) is 8.71. The van der Waals surface area contributed by atoms with Crippen LogP contribution in [0, 0.1) is 11.3 Å². The van der Waals surface area contributed by atoms with Gasteiger partial charge in [0.2, 0.25) is 0 Å². The molecule has 0 aliphatic heterocycles. The Morgan fingerprint density at radius 3 is 2.79 bits per heavy atom. The van der Waals surface area contributed by atoms with E-state index in [1.165, 1.54) is 11.3 Å². The topological polar surface area (TPSA) is 63.0 Å². The Hall–Kier alpha value is -1.93. The van der Waals surface area contributed by atoms with Crippen LogP contribution >= 0.6 is 11.3 Å². The van der Waals surface area contributed by atoms with Gasteiger partial charge in [0, 0.05) is 11.0 Å². The first-order chi connectivity index (χ1) is 8.99. The zero-order valence-electron chi connectivity index (χ0n) is 11.3. The smallest absolute Gasteiger partial charge is 0.338 e. The van der Waals surface area contributed by atoms with Crippen LogP contribution in [0.4, 0.5) is 0 Å². The molecular weight excluding hydrogens is 260 g/mol. The van der Waals surface area contributed by atoms with Gasteiger partial charge in [-0.05, 0) is 20.3 Å². The van der Waals surface area contributed by atoms with Crippen molar-refractivity contribution in [2.24, 2.45) is 0 Å². The van der Waals surface area contributed by atoms with Crippen LogP contribution in [-0.2, 0) is 16.0 Å². The van der Waals surface area contributed by atoms with Crippen LogP contribution in [0.15, 0.2) is 23.3 Å². The molecule has 0 saturated carbocycles. The fourth-order valence-corrected chi connectivity index (χ4v) is 2.24. The number of rotatable bonds is 5. The fraction of sp³-hybridized carbons (Fsp3) is 0.357. The van der Waals surface area contributed by atoms with Gasteiger partial charge >= 0.3 is 5.97 Å². The maximum absolute atomic E-state index is 11.4. The third-order valence-electron chi connectivity index (χ3n) is 2.33. The zero-order chi connectivity index (χ0) is 14.4. The minimum atomic E-state index is -0.532. The summed E-state index contributed by atoms with van der Waals surface area (Å²) in [6, 6.07) is 2.04. The van der Waals surface area contributed by atoms with E-state index in [1.54, 1.807) is 13.8 Å². The second kappa shape index (κ2) is 6.86. The molecule has 0 amide bonds. The lowest BCUT2D eigenvalue weighted by molar-refractivity contribution is -0.134. The average molecular weight is 276 g/mol. The second-order valence-electron chi connectivity index (χ2n) is 4.11. The summed E-state index contributed by atoms with van der Waals surface area (Å²) in [4.78, 5) is 15.8. The third kappa shape index (κ3) is 4.04. The highest BCUT2D eigenvalue weighted by Gasteiger charge is 2.14. The molecule has 0 unspecified atom stereocenters. The first-order valence-electron chi connectivity index (χ1n) is 5.93. The molecule has 1 aromatic rings. The first-order valence-corrected chi connectivity index (χ1v) is 6.81. The van der Waals surface area contributed by atoms with Gasteiger partial charge in [-0.1, -0.05) is 19.9 Å². The van der Waals surface area contributed by atoms with Crippen molar-refractivity contribution < 1.29 is 9.53 Å². The molecule has 0 aromatic carbocycles. The van der Waals surface area contributed by atoms with Gasteiger partial charge in [-0.2, -0.15) is 5.26 Å². The van der Waals surface area contributed by atoms with E-state index >= 15 is 0 Å². The quantitative estimate of drug-likeness (QED) is 0.357. The van der Waals surface area contributed by atoms with Crippen molar-refractivity contribution in [3.8, 4) is 6.07 Å². The number of hydrogen-bond acceptors (Lipinski definition) is 5. The minimum absolute atomic E-state index is 0.257. The zero-order valence-corrected chi connectivity index (χ0v) is 12.1. The standard InChI is InChI=1S/C14H16N2O2S/c1-5-6-11-8-19-13(16-11)12(7-15)10(4)18-14(17)9(2)3/h8H,2,5-6H2,1,3-4H3. The number of aryl methyl sites for hydroxylation is 1. The molecule has 19 heavy (non-hydrogen) atoms. The number of allylic oxidation sites excluding steroid dienone is 2. The van der Waals surface area contributed by atoms with Gasteiger partial charge in [0.1, 0.15) is 22.4 Å². The van der Waals surface area contributed by atoms with Crippen LogP contribution in [0.3, 0.4) is 0 Å². The van der Waals surface area contributed by atoms with Gasteiger partial charge in [-0.15, -0.1) is 11.3 Å². The molecule has 0 aliphatic carbocycles. The van der Waals surface area contributed by atoms with Crippen molar-refractivity contribution in [1.82, 2.24) is 4.98 Å². The van der Waals surface area contributed by atoms with Crippen LogP contribution in [0.5, 0.6) is 0 Å². The molecule has 1 aromatic heterocycles. The number of carbonyl (C=O) groups excluding carboxylic acids is 1. The van der Waals surface area contributed by atoms with Crippen LogP contribution < -0.4 is 0 Å². The largest absolute Gasteiger partial charge is 0.427 e. The Balaban J connectivity index is 3.00. The number of ether oxygens (including phenoxy) is 1. The summed E-state index contributed by atoms with van der Waals surface area (Å²) >= 11 is 1.38. The molecule has 0 bridgehead atoms. The number of nitrogens with zero attached hydrogens (tertiary/aromatic N) is 2. The number of esters is 1. The molecule has 1 heterocycles. The summed E-state index contributed by atoms with van der Waals surface area (Å²) in [5.41, 5.74) is 1.54. The maximum Gasteiger partial charge on any atom is 0.338 e. The number of aromatic nitrogens is 1. The van der Waals surface area contributed by atoms with Crippen molar-refractivity contribution in [3.63, 3.8) is 0 Å². The normalized spacial score (nSPS) is 11.5. The fourth-order valence-electron chi connectivity index (χ4n) is 1.35. The van der Waals surface area contributed by atoms with Gasteiger partial charge in [0.15, 0.2) is 0 Å². The molecule has 5 heteroatoms. The Bertz CT molecular complexity index is 564. The number of carbonyl (C=O) groups is 1. The van der Waals surface area contributed by atoms with Gasteiger partial charge in [-0.3, -0.25) is 0 Å². The predicted octanol–water partition coefficient (Wildman–Crippen LogP) is 3.47. The molecule has 4 nitrogen and oxygen atoms in total. The van der Waals surface area contributed by atoms with E-state index in [9.17, 15) is 10.1 Å². The molecule has 0 N–H and O–H groups in total. The second-order valence-corrected chi connectivity index (χ2v) is 4.96. The van der Waals surface area contributed by atoms with Crippen molar-refractivity contribution in [2.75, 3.05) is 0 Å². The molecule has 1 rings (SSSR count). The Labute approximate surface area is 117 Å². The molecule has 0 radical (unpaired) electrons. The summed E-state index contributed by atoms with van der Waals surface area (Å²) < 4.78 is 5.07. The highest BCUT2D eigenvalue weighted by atomic mass is 32.1. The van der Waals surface area contributed by atoms with E-state index in [0.29, 0.717) is 16.2 Å². The van der Waals surface area contributed by atoms with Gasteiger partial charge in [0.05, 0.1) is 5.69 Å². The van der Waals surface area contributed by atoms with E-state index in [1.807, 2.05) is 11.4 Å². The highest BCUT2D eigenvalue weighted by Crippen LogP contribution is 2.23. The van der Waals surface area contributed by atoms with Crippen LogP contribution in [0.25, 0.3) is 5.57 Å². The van der Waals surface area contributed by atoms with Crippen LogP contribution in [-0.4, -0.2) is 11.0 Å². The summed E-state index contributed by atoms with van der Waals surface area (Å²) in [7, 11) is 0. The Kier molecular flexibility index (Phi) is 5.46. The van der Waals surface area contributed by atoms with Gasteiger partial charge in [0.25, 0.3) is 0 Å². The summed E-state index contributed by atoms with van der Waals surface area (Å²) in [5, 5.41) is 11.7. The van der Waals surface area contributed by atoms with Crippen molar-refractivity contribution in [3.05, 3.63) is 34.0 Å². The van der Waals surface area contributed by atoms with E-state index < -0.39 is 5.97 Å². The number of nitriles is 1. The van der Waals surface area contributed by atoms with Crippen LogP contribution in [0.2, 0.25) is 0 Å². The maximum atomic E-state index is 11.4. The van der Waals surface area contributed by atoms with Crippen molar-refractivity contribution in [2.45, 2.75) is 33.6 Å². The van der Waals surface area contributed by atoms with E-state index in [4.69, 9.17) is 4.74 Å². The third-order valence-corrected chi connectivity index (χ3v) is 3.24. The predicted molar refractivity (Wildman–Crippen MR) is 75.2 cm³/mol. The molecular formula is C14H16N2O2S. The van der Waals surface area contributed by atoms with Crippen molar-refractivity contribution >= 4 is 22.9 Å². The molecule has 0 fully saturated rings. The molecule has 0 spiro atoms. The lowest BCUT2D eigenvalue weighted by Gasteiger charge is -2.05. The molecule has 0 aliphatic rings. The number of thiazole rings is 1. The highest BCUT2D eigenvalue weighted by molar-refractivity contribution is 7.10. The molecule has 100 valence electrons. The lowest BCUT2D eigenvalue weighted by atomic mass is 10.2. The molecule has 0 saturated heterocycles. The number of hydrogen-bond donors (Lipinski definition) is 0. The summed E-state index contributed by atoms with van der Waals surface area (Å²) in [5.74, 6) is -0.275. The monoisotopic (exact) mass is 276 g/mol. The first kappa shape index (κ1) is 15.1. The van der Waals surface area contributed by atoms with Crippen molar-refractivity contribution in [1.29, 1.82) is 5.26 Å². The van der Waals surface area contributed by atoms with E-state index in [2.05, 4.69) is 18.5 Å². The average Bonchev–Trinajstić information content (AvgIpc) is 2.78. The minimum Gasteiger partial charge on any atom is -0.427 e. The molecule has 0 atom stereocenters. The lowest BCUT2D eigenvalue weighted by Crippen LogP contribution is -2.04.